The van der Waals surface area contributed by atoms with Crippen LogP contribution in [0, 0.1) is 0 Å². The Labute approximate surface area is 185 Å². The molecule has 3 aromatic carbocycles. The minimum Gasteiger partial charge on any atom is -0.493 e. The number of benzene rings is 3. The Morgan fingerprint density at radius 3 is 1.78 bits per heavy atom. The van der Waals surface area contributed by atoms with E-state index in [-0.39, 0.29) is 5.78 Å². The molecular formula is C24H25NO7. The van der Waals surface area contributed by atoms with Gasteiger partial charge in [0.2, 0.25) is 0 Å². The lowest BCUT2D eigenvalue weighted by Crippen LogP contribution is -2.39. The highest BCUT2D eigenvalue weighted by Gasteiger charge is 2.34. The van der Waals surface area contributed by atoms with E-state index >= 15 is 0 Å². The predicted octanol–water partition coefficient (Wildman–Crippen LogP) is 3.42. The molecule has 8 nitrogen and oxygen atoms in total. The first kappa shape index (κ1) is 21.7. The van der Waals surface area contributed by atoms with Gasteiger partial charge in [-0.25, -0.2) is 0 Å². The maximum Gasteiger partial charge on any atom is 0.320 e. The maximum atomic E-state index is 13.5. The van der Waals surface area contributed by atoms with Gasteiger partial charge in [0.15, 0.2) is 28.8 Å². The summed E-state index contributed by atoms with van der Waals surface area (Å²) in [6, 6.07) is 7.81. The first-order valence-corrected chi connectivity index (χ1v) is 10.2. The van der Waals surface area contributed by atoms with Crippen molar-refractivity contribution in [2.75, 3.05) is 28.4 Å². The topological polar surface area (TPSA) is 103 Å². The van der Waals surface area contributed by atoms with Gasteiger partial charge < -0.3 is 24.1 Å². The molecule has 1 aliphatic heterocycles. The average Bonchev–Trinajstić information content (AvgIpc) is 3.32. The standard InChI is InChI=1S/C24H25NO7/c1-29-19-8-12-7-16(23(26)17-5-6-18(25-17)24(27)28)15-11-22(32-4)21(31-3)10-14(15)13(12)9-20(19)30-2/h7-11,17-18,25H,5-6H2,1-4H3,(H,27,28). The van der Waals surface area contributed by atoms with Crippen LogP contribution in [-0.4, -0.2) is 57.4 Å². The van der Waals surface area contributed by atoms with E-state index in [0.29, 0.717) is 46.8 Å². The lowest BCUT2D eigenvalue weighted by molar-refractivity contribution is -0.139. The maximum absolute atomic E-state index is 13.5. The second kappa shape index (κ2) is 8.55. The molecule has 0 saturated carbocycles. The molecule has 1 saturated heterocycles. The van der Waals surface area contributed by atoms with Crippen molar-refractivity contribution in [2.45, 2.75) is 24.9 Å². The molecule has 2 unspecified atom stereocenters. The van der Waals surface area contributed by atoms with Crippen LogP contribution in [-0.2, 0) is 4.79 Å². The molecule has 4 rings (SSSR count). The molecule has 3 aromatic rings. The highest BCUT2D eigenvalue weighted by atomic mass is 16.5. The van der Waals surface area contributed by atoms with Crippen molar-refractivity contribution in [3.63, 3.8) is 0 Å². The zero-order valence-electron chi connectivity index (χ0n) is 18.4. The van der Waals surface area contributed by atoms with E-state index in [1.54, 1.807) is 27.4 Å². The summed E-state index contributed by atoms with van der Waals surface area (Å²) >= 11 is 0. The second-order valence-electron chi connectivity index (χ2n) is 7.66. The zero-order valence-corrected chi connectivity index (χ0v) is 18.4. The highest BCUT2D eigenvalue weighted by Crippen LogP contribution is 2.41. The van der Waals surface area contributed by atoms with Gasteiger partial charge in [0, 0.05) is 5.56 Å². The van der Waals surface area contributed by atoms with Crippen LogP contribution in [0.2, 0.25) is 0 Å². The van der Waals surface area contributed by atoms with E-state index in [4.69, 9.17) is 18.9 Å². The van der Waals surface area contributed by atoms with E-state index < -0.39 is 18.1 Å². The zero-order chi connectivity index (χ0) is 23.0. The number of rotatable bonds is 7. The molecule has 0 aliphatic carbocycles. The van der Waals surface area contributed by atoms with Crippen LogP contribution < -0.4 is 24.3 Å². The van der Waals surface area contributed by atoms with Gasteiger partial charge in [0.1, 0.15) is 6.04 Å². The number of carboxylic acids is 1. The van der Waals surface area contributed by atoms with Crippen molar-refractivity contribution in [3.05, 3.63) is 35.9 Å². The number of carbonyl (C=O) groups excluding carboxylic acids is 1. The first-order chi connectivity index (χ1) is 15.4. The average molecular weight is 439 g/mol. The minimum absolute atomic E-state index is 0.164. The fourth-order valence-electron chi connectivity index (χ4n) is 4.34. The van der Waals surface area contributed by atoms with Crippen molar-refractivity contribution in [1.29, 1.82) is 0 Å². The van der Waals surface area contributed by atoms with Gasteiger partial charge in [0.05, 0.1) is 34.5 Å². The van der Waals surface area contributed by atoms with E-state index in [2.05, 4.69) is 5.32 Å². The normalized spacial score (nSPS) is 18.0. The fourth-order valence-corrected chi connectivity index (χ4v) is 4.34. The number of carboxylic acid groups (broad SMARTS) is 1. The van der Waals surface area contributed by atoms with Gasteiger partial charge in [-0.3, -0.25) is 14.9 Å². The summed E-state index contributed by atoms with van der Waals surface area (Å²) in [5.74, 6) is 1.02. The van der Waals surface area contributed by atoms with Crippen molar-refractivity contribution in [3.8, 4) is 23.0 Å². The van der Waals surface area contributed by atoms with E-state index in [1.165, 1.54) is 7.11 Å². The number of aliphatic carboxylic acids is 1. The monoisotopic (exact) mass is 439 g/mol. The Bertz CT molecular complexity index is 1220. The molecule has 8 heteroatoms. The molecule has 2 atom stereocenters. The molecular weight excluding hydrogens is 414 g/mol. The van der Waals surface area contributed by atoms with Gasteiger partial charge in [-0.15, -0.1) is 0 Å². The van der Waals surface area contributed by atoms with E-state index in [0.717, 1.165) is 16.2 Å². The summed E-state index contributed by atoms with van der Waals surface area (Å²) in [6.07, 6.45) is 0.855. The van der Waals surface area contributed by atoms with E-state index in [1.807, 2.05) is 24.3 Å². The van der Waals surface area contributed by atoms with Crippen LogP contribution in [0.25, 0.3) is 21.5 Å². The smallest absolute Gasteiger partial charge is 0.320 e. The summed E-state index contributed by atoms with van der Waals surface area (Å²) in [7, 11) is 6.21. The van der Waals surface area contributed by atoms with Crippen LogP contribution in [0.15, 0.2) is 30.3 Å². The number of carbonyl (C=O) groups is 2. The number of ketones is 1. The summed E-state index contributed by atoms with van der Waals surface area (Å²) in [6.45, 7) is 0. The lowest BCUT2D eigenvalue weighted by Gasteiger charge is -2.18. The third-order valence-electron chi connectivity index (χ3n) is 5.99. The molecule has 0 bridgehead atoms. The molecule has 1 heterocycles. The Morgan fingerprint density at radius 2 is 1.25 bits per heavy atom. The summed E-state index contributed by atoms with van der Waals surface area (Å²) < 4.78 is 21.9. The summed E-state index contributed by atoms with van der Waals surface area (Å²) in [4.78, 5) is 24.9. The summed E-state index contributed by atoms with van der Waals surface area (Å²) in [5.41, 5.74) is 0.476. The number of nitrogens with one attached hydrogen (secondary N) is 1. The number of ether oxygens (including phenoxy) is 4. The van der Waals surface area contributed by atoms with Crippen molar-refractivity contribution >= 4 is 33.3 Å². The van der Waals surface area contributed by atoms with Crippen molar-refractivity contribution in [1.82, 2.24) is 5.32 Å². The SMILES string of the molecule is COc1cc2cc(C(=O)C3CCC(C(=O)O)N3)c3cc(OC)c(OC)cc3c2cc1OC. The first-order valence-electron chi connectivity index (χ1n) is 10.2. The number of hydrogen-bond donors (Lipinski definition) is 2. The van der Waals surface area contributed by atoms with Gasteiger partial charge in [-0.05, 0) is 64.7 Å². The molecule has 168 valence electrons. The number of hydrogen-bond acceptors (Lipinski definition) is 7. The molecule has 0 spiro atoms. The quantitative estimate of drug-likeness (QED) is 0.426. The molecule has 0 amide bonds. The van der Waals surface area contributed by atoms with Crippen LogP contribution in [0.4, 0.5) is 0 Å². The Hall–Kier alpha value is -3.52. The van der Waals surface area contributed by atoms with Gasteiger partial charge in [-0.2, -0.15) is 0 Å². The van der Waals surface area contributed by atoms with Crippen LogP contribution >= 0.6 is 0 Å². The van der Waals surface area contributed by atoms with Crippen LogP contribution in [0.1, 0.15) is 23.2 Å². The molecule has 0 aromatic heterocycles. The Morgan fingerprint density at radius 1 is 0.750 bits per heavy atom. The van der Waals surface area contributed by atoms with Crippen molar-refractivity contribution in [2.24, 2.45) is 0 Å². The molecule has 0 radical (unpaired) electrons. The Balaban J connectivity index is 1.98. The van der Waals surface area contributed by atoms with Gasteiger partial charge in [-0.1, -0.05) is 0 Å². The predicted molar refractivity (Wildman–Crippen MR) is 120 cm³/mol. The number of fused-ring (bicyclic) bond motifs is 3. The fraction of sp³-hybridized carbons (Fsp3) is 0.333. The van der Waals surface area contributed by atoms with Crippen LogP contribution in [0.5, 0.6) is 23.0 Å². The number of methoxy groups -OCH3 is 4. The Kier molecular flexibility index (Phi) is 5.80. The van der Waals surface area contributed by atoms with Crippen LogP contribution in [0.3, 0.4) is 0 Å². The largest absolute Gasteiger partial charge is 0.493 e. The molecule has 2 N–H and O–H groups in total. The summed E-state index contributed by atoms with van der Waals surface area (Å²) in [5, 5.41) is 15.4. The second-order valence-corrected chi connectivity index (χ2v) is 7.66. The number of Topliss-reactive ketones (excluding diaryl/α,β-unsaturated/α-hetero) is 1. The van der Waals surface area contributed by atoms with E-state index in [9.17, 15) is 14.7 Å². The lowest BCUT2D eigenvalue weighted by atomic mass is 9.91. The van der Waals surface area contributed by atoms with Crippen molar-refractivity contribution < 1.29 is 33.6 Å². The highest BCUT2D eigenvalue weighted by molar-refractivity contribution is 6.20. The minimum atomic E-state index is -0.952. The third-order valence-corrected chi connectivity index (χ3v) is 5.99. The third kappa shape index (κ3) is 3.56. The van der Waals surface area contributed by atoms with Gasteiger partial charge >= 0.3 is 5.97 Å². The van der Waals surface area contributed by atoms with Gasteiger partial charge in [0.25, 0.3) is 0 Å². The molecule has 32 heavy (non-hydrogen) atoms. The molecule has 1 aliphatic rings. The molecule has 1 fully saturated rings.